The van der Waals surface area contributed by atoms with E-state index >= 15 is 0 Å². The van der Waals surface area contributed by atoms with E-state index in [4.69, 9.17) is 0 Å². The maximum atomic E-state index is 4.35. The standard InChI is InChI=1S/C9H14N2/c1-6(2)8-5-10-9(11-8)7(3)4/h5-6H,3H2,1-2,4H3,(H,10,11). The lowest BCUT2D eigenvalue weighted by atomic mass is 10.2. The van der Waals surface area contributed by atoms with E-state index in [1.165, 1.54) is 0 Å². The van der Waals surface area contributed by atoms with Gasteiger partial charge in [0.25, 0.3) is 0 Å². The van der Waals surface area contributed by atoms with Crippen molar-refractivity contribution < 1.29 is 0 Å². The van der Waals surface area contributed by atoms with Gasteiger partial charge in [-0.2, -0.15) is 0 Å². The topological polar surface area (TPSA) is 28.7 Å². The van der Waals surface area contributed by atoms with Crippen LogP contribution in [0.4, 0.5) is 0 Å². The van der Waals surface area contributed by atoms with Crippen molar-refractivity contribution >= 4 is 5.57 Å². The molecule has 0 bridgehead atoms. The lowest BCUT2D eigenvalue weighted by Crippen LogP contribution is -1.87. The third kappa shape index (κ3) is 1.70. The van der Waals surface area contributed by atoms with Gasteiger partial charge in [0, 0.05) is 6.20 Å². The molecule has 1 aromatic rings. The fraction of sp³-hybridized carbons (Fsp3) is 0.444. The number of H-pyrrole nitrogens is 1. The second kappa shape index (κ2) is 2.91. The van der Waals surface area contributed by atoms with E-state index in [-0.39, 0.29) is 0 Å². The van der Waals surface area contributed by atoms with Gasteiger partial charge in [-0.25, -0.2) is 4.98 Å². The van der Waals surface area contributed by atoms with Crippen LogP contribution in [0.5, 0.6) is 0 Å². The van der Waals surface area contributed by atoms with Crippen LogP contribution in [0, 0.1) is 0 Å². The molecule has 0 radical (unpaired) electrons. The first-order valence-corrected chi connectivity index (χ1v) is 3.82. The molecule has 0 atom stereocenters. The van der Waals surface area contributed by atoms with Gasteiger partial charge in [-0.1, -0.05) is 20.4 Å². The van der Waals surface area contributed by atoms with Crippen LogP contribution in [0.3, 0.4) is 0 Å². The second-order valence-corrected chi connectivity index (χ2v) is 3.11. The Hall–Kier alpha value is -1.05. The minimum atomic E-state index is 0.486. The first-order valence-electron chi connectivity index (χ1n) is 3.82. The Balaban J connectivity index is 2.90. The van der Waals surface area contributed by atoms with E-state index in [0.29, 0.717) is 5.92 Å². The molecule has 1 N–H and O–H groups in total. The van der Waals surface area contributed by atoms with E-state index < -0.39 is 0 Å². The largest absolute Gasteiger partial charge is 0.345 e. The summed E-state index contributed by atoms with van der Waals surface area (Å²) in [6.45, 7) is 10.00. The van der Waals surface area contributed by atoms with Gasteiger partial charge in [0.1, 0.15) is 5.82 Å². The Labute approximate surface area is 67.4 Å². The van der Waals surface area contributed by atoms with Crippen molar-refractivity contribution in [3.63, 3.8) is 0 Å². The lowest BCUT2D eigenvalue weighted by Gasteiger charge is -1.96. The van der Waals surface area contributed by atoms with Crippen molar-refractivity contribution in [3.05, 3.63) is 24.3 Å². The highest BCUT2D eigenvalue weighted by Crippen LogP contribution is 2.13. The summed E-state index contributed by atoms with van der Waals surface area (Å²) in [4.78, 5) is 7.43. The van der Waals surface area contributed by atoms with E-state index in [1.54, 1.807) is 0 Å². The summed E-state index contributed by atoms with van der Waals surface area (Å²) in [7, 11) is 0. The fourth-order valence-corrected chi connectivity index (χ4v) is 0.850. The van der Waals surface area contributed by atoms with Crippen LogP contribution in [0.2, 0.25) is 0 Å². The van der Waals surface area contributed by atoms with Crippen molar-refractivity contribution in [2.45, 2.75) is 26.7 Å². The zero-order valence-corrected chi connectivity index (χ0v) is 7.31. The van der Waals surface area contributed by atoms with Crippen LogP contribution in [-0.2, 0) is 0 Å². The van der Waals surface area contributed by atoms with Gasteiger partial charge in [0.2, 0.25) is 0 Å². The lowest BCUT2D eigenvalue weighted by molar-refractivity contribution is 0.831. The van der Waals surface area contributed by atoms with Crippen LogP contribution < -0.4 is 0 Å². The fourth-order valence-electron chi connectivity index (χ4n) is 0.850. The summed E-state index contributed by atoms with van der Waals surface area (Å²) in [5.74, 6) is 1.38. The number of imidazole rings is 1. The van der Waals surface area contributed by atoms with Crippen molar-refractivity contribution in [1.29, 1.82) is 0 Å². The Kier molecular flexibility index (Phi) is 2.13. The minimum absolute atomic E-state index is 0.486. The number of nitrogens with one attached hydrogen (secondary N) is 1. The number of rotatable bonds is 2. The summed E-state index contributed by atoms with van der Waals surface area (Å²) < 4.78 is 0. The first kappa shape index (κ1) is 8.05. The summed E-state index contributed by atoms with van der Waals surface area (Å²) in [5, 5.41) is 0. The Morgan fingerprint density at radius 3 is 2.55 bits per heavy atom. The molecule has 1 aromatic heterocycles. The number of nitrogens with zero attached hydrogens (tertiary/aromatic N) is 1. The first-order chi connectivity index (χ1) is 5.11. The molecule has 0 saturated heterocycles. The number of hydrogen-bond donors (Lipinski definition) is 1. The normalized spacial score (nSPS) is 10.5. The third-order valence-electron chi connectivity index (χ3n) is 1.59. The summed E-state index contributed by atoms with van der Waals surface area (Å²) in [5.41, 5.74) is 2.08. The Morgan fingerprint density at radius 2 is 2.27 bits per heavy atom. The molecule has 1 rings (SSSR count). The van der Waals surface area contributed by atoms with E-state index in [9.17, 15) is 0 Å². The zero-order chi connectivity index (χ0) is 8.43. The average Bonchev–Trinajstić information content (AvgIpc) is 2.33. The summed E-state index contributed by atoms with van der Waals surface area (Å²) >= 11 is 0. The number of allylic oxidation sites excluding steroid dienone is 1. The van der Waals surface area contributed by atoms with Gasteiger partial charge in [-0.15, -0.1) is 0 Å². The van der Waals surface area contributed by atoms with E-state index in [2.05, 4.69) is 30.4 Å². The molecule has 0 amide bonds. The molecule has 0 spiro atoms. The number of aromatic nitrogens is 2. The maximum absolute atomic E-state index is 4.35. The Bertz CT molecular complexity index is 258. The zero-order valence-electron chi connectivity index (χ0n) is 7.31. The predicted molar refractivity (Wildman–Crippen MR) is 47.4 cm³/mol. The van der Waals surface area contributed by atoms with Crippen LogP contribution in [0.25, 0.3) is 5.57 Å². The maximum Gasteiger partial charge on any atom is 0.132 e. The van der Waals surface area contributed by atoms with Gasteiger partial charge in [0.05, 0.1) is 5.69 Å². The molecule has 2 heteroatoms. The summed E-state index contributed by atoms with van der Waals surface area (Å²) in [6, 6.07) is 0. The predicted octanol–water partition coefficient (Wildman–Crippen LogP) is 2.57. The molecular formula is C9H14N2. The van der Waals surface area contributed by atoms with Gasteiger partial charge in [-0.05, 0) is 18.4 Å². The molecular weight excluding hydrogens is 136 g/mol. The molecule has 0 aromatic carbocycles. The molecule has 0 aliphatic rings. The molecule has 2 nitrogen and oxygen atoms in total. The third-order valence-corrected chi connectivity index (χ3v) is 1.59. The monoisotopic (exact) mass is 150 g/mol. The number of aromatic amines is 1. The number of hydrogen-bond acceptors (Lipinski definition) is 1. The van der Waals surface area contributed by atoms with Crippen LogP contribution in [0.1, 0.15) is 38.2 Å². The molecule has 0 aliphatic carbocycles. The second-order valence-electron chi connectivity index (χ2n) is 3.11. The highest BCUT2D eigenvalue weighted by Gasteiger charge is 2.03. The van der Waals surface area contributed by atoms with Gasteiger partial charge >= 0.3 is 0 Å². The SMILES string of the molecule is C=C(C)c1nc(C(C)C)c[nH]1. The molecule has 0 saturated carbocycles. The van der Waals surface area contributed by atoms with Crippen LogP contribution in [-0.4, -0.2) is 9.97 Å². The smallest absolute Gasteiger partial charge is 0.132 e. The van der Waals surface area contributed by atoms with Crippen LogP contribution >= 0.6 is 0 Å². The molecule has 0 aliphatic heterocycles. The molecule has 11 heavy (non-hydrogen) atoms. The van der Waals surface area contributed by atoms with Gasteiger partial charge in [0.15, 0.2) is 0 Å². The van der Waals surface area contributed by atoms with Crippen molar-refractivity contribution in [1.82, 2.24) is 9.97 Å². The van der Waals surface area contributed by atoms with Crippen LogP contribution in [0.15, 0.2) is 12.8 Å². The molecule has 1 heterocycles. The highest BCUT2D eigenvalue weighted by molar-refractivity contribution is 5.54. The Morgan fingerprint density at radius 1 is 1.64 bits per heavy atom. The van der Waals surface area contributed by atoms with E-state index in [1.807, 2.05) is 13.1 Å². The van der Waals surface area contributed by atoms with Gasteiger partial charge < -0.3 is 4.98 Å². The van der Waals surface area contributed by atoms with E-state index in [0.717, 1.165) is 17.1 Å². The highest BCUT2D eigenvalue weighted by atomic mass is 14.9. The molecule has 0 unspecified atom stereocenters. The quantitative estimate of drug-likeness (QED) is 0.689. The van der Waals surface area contributed by atoms with Crippen molar-refractivity contribution in [3.8, 4) is 0 Å². The molecule has 60 valence electrons. The van der Waals surface area contributed by atoms with Crippen molar-refractivity contribution in [2.75, 3.05) is 0 Å². The van der Waals surface area contributed by atoms with Gasteiger partial charge in [-0.3, -0.25) is 0 Å². The molecule has 0 fully saturated rings. The van der Waals surface area contributed by atoms with Crippen molar-refractivity contribution in [2.24, 2.45) is 0 Å². The summed E-state index contributed by atoms with van der Waals surface area (Å²) in [6.07, 6.45) is 1.94. The average molecular weight is 150 g/mol. The minimum Gasteiger partial charge on any atom is -0.345 e.